The molecule has 1 saturated heterocycles. The van der Waals surface area contributed by atoms with Gasteiger partial charge in [-0.3, -0.25) is 9.69 Å². The van der Waals surface area contributed by atoms with E-state index in [1.807, 2.05) is 25.7 Å². The lowest BCUT2D eigenvalue weighted by atomic mass is 9.76. The average Bonchev–Trinajstić information content (AvgIpc) is 2.14. The van der Waals surface area contributed by atoms with E-state index in [4.69, 9.17) is 0 Å². The Labute approximate surface area is 104 Å². The summed E-state index contributed by atoms with van der Waals surface area (Å²) in [6.45, 7) is 8.88. The van der Waals surface area contributed by atoms with Crippen LogP contribution >= 0.6 is 0 Å². The van der Waals surface area contributed by atoms with E-state index in [-0.39, 0.29) is 5.41 Å². The van der Waals surface area contributed by atoms with Gasteiger partial charge in [0, 0.05) is 6.54 Å². The minimum Gasteiger partial charge on any atom is -0.480 e. The van der Waals surface area contributed by atoms with Crippen molar-refractivity contribution in [3.8, 4) is 0 Å². The van der Waals surface area contributed by atoms with Crippen LogP contribution in [0.1, 0.15) is 47.0 Å². The summed E-state index contributed by atoms with van der Waals surface area (Å²) in [5, 5.41) is 19.5. The second kappa shape index (κ2) is 4.94. The van der Waals surface area contributed by atoms with Crippen LogP contribution in [0.15, 0.2) is 0 Å². The van der Waals surface area contributed by atoms with Crippen molar-refractivity contribution in [2.75, 3.05) is 13.1 Å². The molecule has 0 amide bonds. The van der Waals surface area contributed by atoms with Crippen LogP contribution in [0.2, 0.25) is 0 Å². The fourth-order valence-corrected chi connectivity index (χ4v) is 2.71. The van der Waals surface area contributed by atoms with Crippen molar-refractivity contribution in [3.63, 3.8) is 0 Å². The number of piperidine rings is 1. The summed E-state index contributed by atoms with van der Waals surface area (Å²) < 4.78 is 0. The predicted molar refractivity (Wildman–Crippen MR) is 66.9 cm³/mol. The van der Waals surface area contributed by atoms with Gasteiger partial charge in [-0.25, -0.2) is 0 Å². The maximum Gasteiger partial charge on any atom is 0.321 e. The number of rotatable bonds is 4. The molecule has 2 N–H and O–H groups in total. The Kier molecular flexibility index (Phi) is 4.20. The zero-order valence-electron chi connectivity index (χ0n) is 11.4. The molecule has 0 saturated carbocycles. The third-order valence-electron chi connectivity index (χ3n) is 3.91. The Balaban J connectivity index is 2.85. The van der Waals surface area contributed by atoms with Gasteiger partial charge in [0.25, 0.3) is 0 Å². The van der Waals surface area contributed by atoms with Gasteiger partial charge < -0.3 is 10.2 Å². The lowest BCUT2D eigenvalue weighted by Crippen LogP contribution is -2.57. The van der Waals surface area contributed by atoms with Crippen LogP contribution in [0, 0.1) is 5.41 Å². The highest BCUT2D eigenvalue weighted by molar-refractivity contribution is 5.74. The molecule has 0 aromatic heterocycles. The number of carbonyl (C=O) groups is 1. The first-order chi connectivity index (χ1) is 7.69. The molecule has 0 radical (unpaired) electrons. The maximum atomic E-state index is 11.4. The molecule has 0 bridgehead atoms. The standard InChI is InChI=1S/C13H25NO3/c1-5-13(4,17)9-14-8-6-7-12(2,3)10(14)11(15)16/h10,17H,5-9H2,1-4H3,(H,15,16). The number of β-amino-alcohol motifs (C(OH)–C–C–N with tert-alkyl or cyclic N) is 1. The van der Waals surface area contributed by atoms with Crippen molar-refractivity contribution in [2.24, 2.45) is 5.41 Å². The molecule has 0 aromatic rings. The Morgan fingerprint density at radius 3 is 2.59 bits per heavy atom. The molecular formula is C13H25NO3. The molecule has 1 rings (SSSR count). The highest BCUT2D eigenvalue weighted by atomic mass is 16.4. The monoisotopic (exact) mass is 243 g/mol. The van der Waals surface area contributed by atoms with Gasteiger partial charge in [0.1, 0.15) is 6.04 Å². The third-order valence-corrected chi connectivity index (χ3v) is 3.91. The Bertz CT molecular complexity index is 286. The molecule has 0 aliphatic carbocycles. The number of aliphatic hydroxyl groups is 1. The molecule has 17 heavy (non-hydrogen) atoms. The smallest absolute Gasteiger partial charge is 0.321 e. The number of nitrogens with zero attached hydrogens (tertiary/aromatic N) is 1. The quantitative estimate of drug-likeness (QED) is 0.789. The summed E-state index contributed by atoms with van der Waals surface area (Å²) in [6, 6.07) is -0.491. The molecule has 1 heterocycles. The normalized spacial score (nSPS) is 28.6. The number of hydrogen-bond acceptors (Lipinski definition) is 3. The number of likely N-dealkylation sites (tertiary alicyclic amines) is 1. The SMILES string of the molecule is CCC(C)(O)CN1CCCC(C)(C)C1C(=O)O. The molecule has 4 heteroatoms. The first-order valence-electron chi connectivity index (χ1n) is 6.39. The molecule has 2 unspecified atom stereocenters. The summed E-state index contributed by atoms with van der Waals surface area (Å²) in [5.74, 6) is -0.776. The summed E-state index contributed by atoms with van der Waals surface area (Å²) >= 11 is 0. The number of aliphatic carboxylic acids is 1. The van der Waals surface area contributed by atoms with Crippen molar-refractivity contribution >= 4 is 5.97 Å². The predicted octanol–water partition coefficient (Wildman–Crippen LogP) is 1.72. The van der Waals surface area contributed by atoms with Gasteiger partial charge in [-0.15, -0.1) is 0 Å². The van der Waals surface area contributed by atoms with Crippen molar-refractivity contribution < 1.29 is 15.0 Å². The summed E-state index contributed by atoms with van der Waals surface area (Å²) in [4.78, 5) is 13.4. The summed E-state index contributed by atoms with van der Waals surface area (Å²) in [5.41, 5.74) is -1.03. The van der Waals surface area contributed by atoms with Crippen LogP contribution in [-0.2, 0) is 4.79 Å². The van der Waals surface area contributed by atoms with E-state index in [1.165, 1.54) is 0 Å². The zero-order valence-corrected chi connectivity index (χ0v) is 11.4. The van der Waals surface area contributed by atoms with Gasteiger partial charge in [0.05, 0.1) is 5.60 Å². The lowest BCUT2D eigenvalue weighted by molar-refractivity contribution is -0.153. The Morgan fingerprint density at radius 2 is 2.12 bits per heavy atom. The lowest BCUT2D eigenvalue weighted by Gasteiger charge is -2.46. The fourth-order valence-electron chi connectivity index (χ4n) is 2.71. The van der Waals surface area contributed by atoms with Crippen LogP contribution in [0.5, 0.6) is 0 Å². The number of carboxylic acid groups (broad SMARTS) is 1. The topological polar surface area (TPSA) is 60.8 Å². The van der Waals surface area contributed by atoms with Gasteiger partial charge in [-0.2, -0.15) is 0 Å². The van der Waals surface area contributed by atoms with Gasteiger partial charge in [0.15, 0.2) is 0 Å². The maximum absolute atomic E-state index is 11.4. The van der Waals surface area contributed by atoms with Gasteiger partial charge in [0.2, 0.25) is 0 Å². The molecule has 0 spiro atoms. The second-order valence-corrected chi connectivity index (χ2v) is 6.15. The molecule has 100 valence electrons. The zero-order chi connectivity index (χ0) is 13.3. The molecule has 0 aromatic carbocycles. The van der Waals surface area contributed by atoms with Crippen molar-refractivity contribution in [2.45, 2.75) is 58.6 Å². The molecule has 1 fully saturated rings. The Hall–Kier alpha value is -0.610. The van der Waals surface area contributed by atoms with E-state index < -0.39 is 17.6 Å². The minimum absolute atomic E-state index is 0.228. The van der Waals surface area contributed by atoms with Crippen LogP contribution in [0.4, 0.5) is 0 Å². The average molecular weight is 243 g/mol. The molecule has 2 atom stereocenters. The number of carboxylic acids is 1. The molecular weight excluding hydrogens is 218 g/mol. The van der Waals surface area contributed by atoms with E-state index in [9.17, 15) is 15.0 Å². The molecule has 1 aliphatic heterocycles. The summed E-state index contributed by atoms with van der Waals surface area (Å²) in [7, 11) is 0. The fraction of sp³-hybridized carbons (Fsp3) is 0.923. The third kappa shape index (κ3) is 3.42. The van der Waals surface area contributed by atoms with Crippen molar-refractivity contribution in [3.05, 3.63) is 0 Å². The van der Waals surface area contributed by atoms with E-state index in [0.29, 0.717) is 13.0 Å². The van der Waals surface area contributed by atoms with E-state index in [1.54, 1.807) is 6.92 Å². The molecule has 1 aliphatic rings. The minimum atomic E-state index is -0.804. The van der Waals surface area contributed by atoms with Crippen LogP contribution in [0.3, 0.4) is 0 Å². The van der Waals surface area contributed by atoms with Crippen molar-refractivity contribution in [1.29, 1.82) is 0 Å². The van der Waals surface area contributed by atoms with Crippen LogP contribution in [0.25, 0.3) is 0 Å². The van der Waals surface area contributed by atoms with Crippen LogP contribution < -0.4 is 0 Å². The van der Waals surface area contributed by atoms with Crippen LogP contribution in [-0.4, -0.2) is 45.8 Å². The highest BCUT2D eigenvalue weighted by Crippen LogP contribution is 2.36. The first kappa shape index (κ1) is 14.5. The van der Waals surface area contributed by atoms with Gasteiger partial charge in [-0.1, -0.05) is 20.8 Å². The van der Waals surface area contributed by atoms with Gasteiger partial charge >= 0.3 is 5.97 Å². The van der Waals surface area contributed by atoms with Crippen molar-refractivity contribution in [1.82, 2.24) is 4.90 Å². The summed E-state index contributed by atoms with van der Waals surface area (Å²) in [6.07, 6.45) is 2.56. The largest absolute Gasteiger partial charge is 0.480 e. The van der Waals surface area contributed by atoms with E-state index >= 15 is 0 Å². The highest BCUT2D eigenvalue weighted by Gasteiger charge is 2.43. The number of hydrogen-bond donors (Lipinski definition) is 2. The Morgan fingerprint density at radius 1 is 1.53 bits per heavy atom. The van der Waals surface area contributed by atoms with E-state index in [2.05, 4.69) is 0 Å². The van der Waals surface area contributed by atoms with Gasteiger partial charge in [-0.05, 0) is 38.1 Å². The first-order valence-corrected chi connectivity index (χ1v) is 6.39. The molecule has 4 nitrogen and oxygen atoms in total. The van der Waals surface area contributed by atoms with E-state index in [0.717, 1.165) is 19.4 Å². The second-order valence-electron chi connectivity index (χ2n) is 6.15.